The van der Waals surface area contributed by atoms with E-state index in [0.29, 0.717) is 11.4 Å². The molecule has 0 bridgehead atoms. The van der Waals surface area contributed by atoms with E-state index in [1.807, 2.05) is 42.5 Å². The molecular weight excluding hydrogens is 286 g/mol. The standard InChI is InChI=1S/C16H14ClN3O/c17-13-8-4-7-12(9-13)16(14(21)19-15(18)20-16)10-11-5-2-1-3-6-11/h1-9H,10H2,(H3,18,19,20,21)/t16-/m0/s1. The topological polar surface area (TPSA) is 67.5 Å². The number of halogens is 1. The summed E-state index contributed by atoms with van der Waals surface area (Å²) in [6, 6.07) is 16.9. The van der Waals surface area contributed by atoms with Crippen LogP contribution in [0.4, 0.5) is 0 Å². The lowest BCUT2D eigenvalue weighted by molar-refractivity contribution is -0.124. The maximum Gasteiger partial charge on any atom is 0.259 e. The zero-order chi connectivity index (χ0) is 14.9. The summed E-state index contributed by atoms with van der Waals surface area (Å²) in [4.78, 5) is 16.9. The summed E-state index contributed by atoms with van der Waals surface area (Å²) in [7, 11) is 0. The van der Waals surface area contributed by atoms with E-state index in [0.717, 1.165) is 11.1 Å². The Bertz CT molecular complexity index is 714. The summed E-state index contributed by atoms with van der Waals surface area (Å²) in [6.07, 6.45) is 0.431. The predicted octanol–water partition coefficient (Wildman–Crippen LogP) is 2.22. The van der Waals surface area contributed by atoms with Gasteiger partial charge in [0, 0.05) is 11.4 Å². The number of nitrogens with zero attached hydrogens (tertiary/aromatic N) is 1. The normalized spacial score (nSPS) is 21.0. The van der Waals surface area contributed by atoms with Gasteiger partial charge in [0.15, 0.2) is 11.5 Å². The van der Waals surface area contributed by atoms with Crippen molar-refractivity contribution in [1.29, 1.82) is 0 Å². The van der Waals surface area contributed by atoms with Crippen LogP contribution in [0.2, 0.25) is 5.02 Å². The minimum absolute atomic E-state index is 0.135. The summed E-state index contributed by atoms with van der Waals surface area (Å²) < 4.78 is 0. The third-order valence-electron chi connectivity index (χ3n) is 3.53. The average Bonchev–Trinajstić information content (AvgIpc) is 2.75. The molecule has 1 aliphatic rings. The van der Waals surface area contributed by atoms with Gasteiger partial charge in [-0.1, -0.05) is 54.1 Å². The largest absolute Gasteiger partial charge is 0.370 e. The highest BCUT2D eigenvalue weighted by atomic mass is 35.5. The van der Waals surface area contributed by atoms with Gasteiger partial charge in [0.2, 0.25) is 0 Å². The Morgan fingerprint density at radius 3 is 2.52 bits per heavy atom. The van der Waals surface area contributed by atoms with E-state index < -0.39 is 5.54 Å². The van der Waals surface area contributed by atoms with Crippen LogP contribution in [0.1, 0.15) is 11.1 Å². The molecule has 0 fully saturated rings. The lowest BCUT2D eigenvalue weighted by Gasteiger charge is -2.24. The van der Waals surface area contributed by atoms with Crippen LogP contribution in [-0.4, -0.2) is 11.9 Å². The third-order valence-corrected chi connectivity index (χ3v) is 3.77. The van der Waals surface area contributed by atoms with E-state index in [4.69, 9.17) is 17.3 Å². The van der Waals surface area contributed by atoms with Crippen LogP contribution in [0.5, 0.6) is 0 Å². The summed E-state index contributed by atoms with van der Waals surface area (Å²) in [5, 5.41) is 3.15. The molecule has 5 heteroatoms. The Morgan fingerprint density at radius 2 is 1.90 bits per heavy atom. The molecular formula is C16H14ClN3O. The van der Waals surface area contributed by atoms with Crippen LogP contribution >= 0.6 is 11.6 Å². The fourth-order valence-corrected chi connectivity index (χ4v) is 2.75. The van der Waals surface area contributed by atoms with Crippen LogP contribution < -0.4 is 11.1 Å². The first kappa shape index (κ1) is 13.6. The maximum atomic E-state index is 12.5. The van der Waals surface area contributed by atoms with Crippen molar-refractivity contribution < 1.29 is 4.79 Å². The molecule has 0 radical (unpaired) electrons. The first-order valence-corrected chi connectivity index (χ1v) is 6.95. The van der Waals surface area contributed by atoms with Crippen LogP contribution in [0, 0.1) is 0 Å². The van der Waals surface area contributed by atoms with Gasteiger partial charge in [0.05, 0.1) is 0 Å². The molecule has 0 unspecified atom stereocenters. The van der Waals surface area contributed by atoms with E-state index in [9.17, 15) is 4.79 Å². The van der Waals surface area contributed by atoms with Crippen molar-refractivity contribution in [2.75, 3.05) is 0 Å². The lowest BCUT2D eigenvalue weighted by Crippen LogP contribution is -2.40. The molecule has 106 valence electrons. The number of rotatable bonds is 3. The highest BCUT2D eigenvalue weighted by Crippen LogP contribution is 2.34. The van der Waals surface area contributed by atoms with Crippen LogP contribution in [-0.2, 0) is 16.8 Å². The number of amides is 1. The molecule has 3 rings (SSSR count). The van der Waals surface area contributed by atoms with Crippen molar-refractivity contribution in [1.82, 2.24) is 5.32 Å². The first-order chi connectivity index (χ1) is 10.1. The van der Waals surface area contributed by atoms with Gasteiger partial charge < -0.3 is 5.73 Å². The average molecular weight is 300 g/mol. The second-order valence-electron chi connectivity index (χ2n) is 4.98. The number of guanidine groups is 1. The fraction of sp³-hybridized carbons (Fsp3) is 0.125. The minimum Gasteiger partial charge on any atom is -0.370 e. The summed E-state index contributed by atoms with van der Waals surface area (Å²) in [5.41, 5.74) is 6.39. The SMILES string of the molecule is NC1=N[C@@](Cc2ccccc2)(c2cccc(Cl)c2)C(=O)N1. The number of aliphatic imine (C=N–C) groups is 1. The Labute approximate surface area is 127 Å². The number of carbonyl (C=O) groups excluding carboxylic acids is 1. The Kier molecular flexibility index (Phi) is 3.39. The van der Waals surface area contributed by atoms with Crippen molar-refractivity contribution >= 4 is 23.5 Å². The summed E-state index contributed by atoms with van der Waals surface area (Å²) in [5.74, 6) is -0.0953. The van der Waals surface area contributed by atoms with E-state index in [-0.39, 0.29) is 11.9 Å². The zero-order valence-corrected chi connectivity index (χ0v) is 12.0. The van der Waals surface area contributed by atoms with Gasteiger partial charge in [-0.05, 0) is 23.3 Å². The quantitative estimate of drug-likeness (QED) is 0.912. The van der Waals surface area contributed by atoms with Gasteiger partial charge in [-0.2, -0.15) is 0 Å². The van der Waals surface area contributed by atoms with Crippen molar-refractivity contribution in [3.8, 4) is 0 Å². The second kappa shape index (κ2) is 5.22. The molecule has 2 aromatic carbocycles. The van der Waals surface area contributed by atoms with Gasteiger partial charge in [-0.3, -0.25) is 10.1 Å². The molecule has 1 atom stereocenters. The number of benzene rings is 2. The van der Waals surface area contributed by atoms with Gasteiger partial charge >= 0.3 is 0 Å². The van der Waals surface area contributed by atoms with Crippen LogP contribution in [0.15, 0.2) is 59.6 Å². The molecule has 1 heterocycles. The summed E-state index contributed by atoms with van der Waals surface area (Å²) in [6.45, 7) is 0. The van der Waals surface area contributed by atoms with E-state index in [2.05, 4.69) is 10.3 Å². The molecule has 4 nitrogen and oxygen atoms in total. The molecule has 0 spiro atoms. The van der Waals surface area contributed by atoms with Crippen LogP contribution in [0.25, 0.3) is 0 Å². The smallest absolute Gasteiger partial charge is 0.259 e. The fourth-order valence-electron chi connectivity index (χ4n) is 2.56. The molecule has 1 aliphatic heterocycles. The van der Waals surface area contributed by atoms with E-state index >= 15 is 0 Å². The van der Waals surface area contributed by atoms with Crippen molar-refractivity contribution in [3.63, 3.8) is 0 Å². The number of nitrogens with two attached hydrogens (primary N) is 1. The van der Waals surface area contributed by atoms with Gasteiger partial charge in [-0.15, -0.1) is 0 Å². The van der Waals surface area contributed by atoms with E-state index in [1.165, 1.54) is 0 Å². The molecule has 21 heavy (non-hydrogen) atoms. The third kappa shape index (κ3) is 2.50. The summed E-state index contributed by atoms with van der Waals surface area (Å²) >= 11 is 6.06. The Balaban J connectivity index is 2.10. The van der Waals surface area contributed by atoms with Crippen molar-refractivity contribution in [3.05, 3.63) is 70.7 Å². The number of nitrogens with one attached hydrogen (secondary N) is 1. The zero-order valence-electron chi connectivity index (χ0n) is 11.2. The molecule has 0 saturated heterocycles. The lowest BCUT2D eigenvalue weighted by atomic mass is 9.84. The first-order valence-electron chi connectivity index (χ1n) is 6.57. The molecule has 0 aliphatic carbocycles. The number of hydrogen-bond acceptors (Lipinski definition) is 3. The van der Waals surface area contributed by atoms with Crippen molar-refractivity contribution in [2.24, 2.45) is 10.7 Å². The highest BCUT2D eigenvalue weighted by molar-refractivity contribution is 6.30. The minimum atomic E-state index is -1.06. The molecule has 1 amide bonds. The monoisotopic (exact) mass is 299 g/mol. The molecule has 3 N–H and O–H groups in total. The van der Waals surface area contributed by atoms with Crippen molar-refractivity contribution in [2.45, 2.75) is 12.0 Å². The highest BCUT2D eigenvalue weighted by Gasteiger charge is 2.44. The Hall–Kier alpha value is -2.33. The molecule has 2 aromatic rings. The predicted molar refractivity (Wildman–Crippen MR) is 83.0 cm³/mol. The van der Waals surface area contributed by atoms with Crippen LogP contribution in [0.3, 0.4) is 0 Å². The number of carbonyl (C=O) groups is 1. The van der Waals surface area contributed by atoms with Gasteiger partial charge in [-0.25, -0.2) is 4.99 Å². The maximum absolute atomic E-state index is 12.5. The van der Waals surface area contributed by atoms with Gasteiger partial charge in [0.1, 0.15) is 0 Å². The number of hydrogen-bond donors (Lipinski definition) is 2. The Morgan fingerprint density at radius 1 is 1.14 bits per heavy atom. The molecule has 0 aromatic heterocycles. The second-order valence-corrected chi connectivity index (χ2v) is 5.42. The van der Waals surface area contributed by atoms with E-state index in [1.54, 1.807) is 12.1 Å². The molecule has 0 saturated carbocycles. The van der Waals surface area contributed by atoms with Gasteiger partial charge in [0.25, 0.3) is 5.91 Å².